The smallest absolute Gasteiger partial charge is 0.167 e. The molecule has 100 valence electrons. The van der Waals surface area contributed by atoms with Gasteiger partial charge in [0.05, 0.1) is 12.8 Å². The van der Waals surface area contributed by atoms with Gasteiger partial charge in [-0.2, -0.15) is 0 Å². The molecular weight excluding hydrogens is 245 g/mol. The van der Waals surface area contributed by atoms with Crippen molar-refractivity contribution in [3.63, 3.8) is 0 Å². The van der Waals surface area contributed by atoms with E-state index in [9.17, 15) is 4.39 Å². The fraction of sp³-hybridized carbons (Fsp3) is 0.200. The SMILES string of the molecule is COc1cc(Oc2cc(C)cc(C)c2)c(N)cc1F. The Morgan fingerprint density at radius 3 is 2.16 bits per heavy atom. The summed E-state index contributed by atoms with van der Waals surface area (Å²) in [6.07, 6.45) is 0. The topological polar surface area (TPSA) is 44.5 Å². The van der Waals surface area contributed by atoms with E-state index >= 15 is 0 Å². The summed E-state index contributed by atoms with van der Waals surface area (Å²) in [5, 5.41) is 0. The normalized spacial score (nSPS) is 10.3. The standard InChI is InChI=1S/C15H16FNO2/c1-9-4-10(2)6-11(5-9)19-15-8-14(18-3)12(16)7-13(15)17/h4-8H,17H2,1-3H3. The van der Waals surface area contributed by atoms with Crippen molar-refractivity contribution in [3.05, 3.63) is 47.3 Å². The molecule has 0 unspecified atom stereocenters. The second-order valence-corrected chi connectivity index (χ2v) is 4.45. The fourth-order valence-corrected chi connectivity index (χ4v) is 1.91. The molecule has 0 atom stereocenters. The van der Waals surface area contributed by atoms with E-state index in [0.29, 0.717) is 11.5 Å². The first-order valence-electron chi connectivity index (χ1n) is 5.89. The van der Waals surface area contributed by atoms with Crippen LogP contribution in [0.15, 0.2) is 30.3 Å². The summed E-state index contributed by atoms with van der Waals surface area (Å²) in [6.45, 7) is 3.96. The van der Waals surface area contributed by atoms with Gasteiger partial charge in [-0.05, 0) is 37.1 Å². The maximum atomic E-state index is 13.4. The van der Waals surface area contributed by atoms with Crippen LogP contribution in [-0.4, -0.2) is 7.11 Å². The Balaban J connectivity index is 2.37. The van der Waals surface area contributed by atoms with Crippen LogP contribution in [0.25, 0.3) is 0 Å². The lowest BCUT2D eigenvalue weighted by molar-refractivity contribution is 0.382. The Labute approximate surface area is 111 Å². The predicted octanol–water partition coefficient (Wildman–Crippen LogP) is 3.83. The van der Waals surface area contributed by atoms with Gasteiger partial charge in [-0.3, -0.25) is 0 Å². The highest BCUT2D eigenvalue weighted by atomic mass is 19.1. The van der Waals surface area contributed by atoms with Crippen molar-refractivity contribution < 1.29 is 13.9 Å². The van der Waals surface area contributed by atoms with E-state index in [1.807, 2.05) is 32.0 Å². The second kappa shape index (κ2) is 5.18. The van der Waals surface area contributed by atoms with Gasteiger partial charge in [-0.15, -0.1) is 0 Å². The molecule has 2 rings (SSSR count). The first kappa shape index (κ1) is 13.2. The summed E-state index contributed by atoms with van der Waals surface area (Å²) < 4.78 is 24.0. The van der Waals surface area contributed by atoms with Crippen LogP contribution in [0.2, 0.25) is 0 Å². The van der Waals surface area contributed by atoms with Crippen molar-refractivity contribution >= 4 is 5.69 Å². The summed E-state index contributed by atoms with van der Waals surface area (Å²) in [7, 11) is 1.40. The third-order valence-corrected chi connectivity index (χ3v) is 2.71. The number of halogens is 1. The van der Waals surface area contributed by atoms with Gasteiger partial charge in [0.2, 0.25) is 0 Å². The molecular formula is C15H16FNO2. The number of anilines is 1. The van der Waals surface area contributed by atoms with Gasteiger partial charge in [0.25, 0.3) is 0 Å². The maximum Gasteiger partial charge on any atom is 0.167 e. The zero-order chi connectivity index (χ0) is 14.0. The van der Waals surface area contributed by atoms with E-state index in [4.69, 9.17) is 15.2 Å². The average Bonchev–Trinajstić information content (AvgIpc) is 2.31. The number of aryl methyl sites for hydroxylation is 2. The Hall–Kier alpha value is -2.23. The number of nitrogens with two attached hydrogens (primary N) is 1. The molecule has 0 aliphatic heterocycles. The first-order valence-corrected chi connectivity index (χ1v) is 5.89. The van der Waals surface area contributed by atoms with Gasteiger partial charge in [-0.25, -0.2) is 4.39 Å². The minimum atomic E-state index is -0.507. The number of ether oxygens (including phenoxy) is 2. The van der Waals surface area contributed by atoms with E-state index < -0.39 is 5.82 Å². The van der Waals surface area contributed by atoms with Crippen LogP contribution < -0.4 is 15.2 Å². The summed E-state index contributed by atoms with van der Waals surface area (Å²) in [6, 6.07) is 8.46. The average molecular weight is 261 g/mol. The number of nitrogen functional groups attached to an aromatic ring is 1. The molecule has 0 saturated carbocycles. The van der Waals surface area contributed by atoms with E-state index in [1.54, 1.807) is 0 Å². The number of hydrogen-bond acceptors (Lipinski definition) is 3. The van der Waals surface area contributed by atoms with E-state index in [0.717, 1.165) is 11.1 Å². The molecule has 2 aromatic carbocycles. The number of hydrogen-bond donors (Lipinski definition) is 1. The van der Waals surface area contributed by atoms with Crippen molar-refractivity contribution in [2.75, 3.05) is 12.8 Å². The summed E-state index contributed by atoms with van der Waals surface area (Å²) in [5.74, 6) is 0.641. The van der Waals surface area contributed by atoms with Crippen LogP contribution in [-0.2, 0) is 0 Å². The molecule has 19 heavy (non-hydrogen) atoms. The highest BCUT2D eigenvalue weighted by molar-refractivity contribution is 5.57. The van der Waals surface area contributed by atoms with Gasteiger partial charge < -0.3 is 15.2 Å². The molecule has 3 nitrogen and oxygen atoms in total. The van der Waals surface area contributed by atoms with Gasteiger partial charge in [0.1, 0.15) is 5.75 Å². The predicted molar refractivity (Wildman–Crippen MR) is 73.4 cm³/mol. The molecule has 0 fully saturated rings. The van der Waals surface area contributed by atoms with Crippen LogP contribution in [0.5, 0.6) is 17.2 Å². The fourth-order valence-electron chi connectivity index (χ4n) is 1.91. The van der Waals surface area contributed by atoms with Crippen molar-refractivity contribution in [1.29, 1.82) is 0 Å². The van der Waals surface area contributed by atoms with Gasteiger partial charge in [-0.1, -0.05) is 6.07 Å². The lowest BCUT2D eigenvalue weighted by Gasteiger charge is -2.12. The molecule has 0 amide bonds. The van der Waals surface area contributed by atoms with Crippen LogP contribution in [0.3, 0.4) is 0 Å². The maximum absolute atomic E-state index is 13.4. The quantitative estimate of drug-likeness (QED) is 0.854. The molecule has 0 aliphatic carbocycles. The van der Waals surface area contributed by atoms with Crippen molar-refractivity contribution in [2.24, 2.45) is 0 Å². The molecule has 0 aromatic heterocycles. The van der Waals surface area contributed by atoms with Crippen LogP contribution in [0, 0.1) is 19.7 Å². The molecule has 0 radical (unpaired) electrons. The summed E-state index contributed by atoms with van der Waals surface area (Å²) >= 11 is 0. The Morgan fingerprint density at radius 2 is 1.58 bits per heavy atom. The number of benzene rings is 2. The highest BCUT2D eigenvalue weighted by Gasteiger charge is 2.10. The van der Waals surface area contributed by atoms with Crippen LogP contribution >= 0.6 is 0 Å². The summed E-state index contributed by atoms with van der Waals surface area (Å²) in [5.41, 5.74) is 8.15. The molecule has 0 saturated heterocycles. The molecule has 0 heterocycles. The molecule has 0 spiro atoms. The van der Waals surface area contributed by atoms with E-state index in [2.05, 4.69) is 0 Å². The first-order chi connectivity index (χ1) is 8.99. The molecule has 4 heteroatoms. The van der Waals surface area contributed by atoms with Gasteiger partial charge in [0, 0.05) is 12.1 Å². The Kier molecular flexibility index (Phi) is 3.60. The van der Waals surface area contributed by atoms with Crippen LogP contribution in [0.1, 0.15) is 11.1 Å². The lowest BCUT2D eigenvalue weighted by atomic mass is 10.1. The second-order valence-electron chi connectivity index (χ2n) is 4.45. The summed E-state index contributed by atoms with van der Waals surface area (Å²) in [4.78, 5) is 0. The monoisotopic (exact) mass is 261 g/mol. The van der Waals surface area contributed by atoms with E-state index in [1.165, 1.54) is 19.2 Å². The van der Waals surface area contributed by atoms with Crippen LogP contribution in [0.4, 0.5) is 10.1 Å². The zero-order valence-corrected chi connectivity index (χ0v) is 11.2. The molecule has 2 N–H and O–H groups in total. The largest absolute Gasteiger partial charge is 0.494 e. The van der Waals surface area contributed by atoms with Crippen molar-refractivity contribution in [1.82, 2.24) is 0 Å². The third-order valence-electron chi connectivity index (χ3n) is 2.71. The minimum absolute atomic E-state index is 0.105. The highest BCUT2D eigenvalue weighted by Crippen LogP contribution is 2.33. The molecule has 0 aliphatic rings. The zero-order valence-electron chi connectivity index (χ0n) is 11.2. The van der Waals surface area contributed by atoms with E-state index in [-0.39, 0.29) is 11.4 Å². The molecule has 2 aromatic rings. The Bertz CT molecular complexity index is 591. The van der Waals surface area contributed by atoms with Crippen molar-refractivity contribution in [2.45, 2.75) is 13.8 Å². The third kappa shape index (κ3) is 2.96. The number of rotatable bonds is 3. The lowest BCUT2D eigenvalue weighted by Crippen LogP contribution is -1.96. The minimum Gasteiger partial charge on any atom is -0.494 e. The molecule has 0 bridgehead atoms. The van der Waals surface area contributed by atoms with Gasteiger partial charge in [0.15, 0.2) is 17.3 Å². The number of methoxy groups -OCH3 is 1. The Morgan fingerprint density at radius 1 is 0.947 bits per heavy atom. The van der Waals surface area contributed by atoms with Gasteiger partial charge >= 0.3 is 0 Å². The van der Waals surface area contributed by atoms with Crippen molar-refractivity contribution in [3.8, 4) is 17.2 Å².